The summed E-state index contributed by atoms with van der Waals surface area (Å²) in [5.74, 6) is 0. The van der Waals surface area contributed by atoms with E-state index in [1.165, 1.54) is 42.6 Å². The topological polar surface area (TPSA) is 0 Å². The van der Waals surface area contributed by atoms with Crippen LogP contribution in [0.2, 0.25) is 3.98 Å². The SMILES string of the molecule is CCC[CH2][PbH]. The van der Waals surface area contributed by atoms with E-state index in [-0.39, 0.29) is 0 Å². The van der Waals surface area contributed by atoms with Gasteiger partial charge in [-0.25, -0.2) is 0 Å². The third kappa shape index (κ3) is 4.92. The van der Waals surface area contributed by atoms with E-state index in [2.05, 4.69) is 6.92 Å². The first-order valence-electron chi connectivity index (χ1n) is 2.12. The molecule has 5 heavy (non-hydrogen) atoms. The molecule has 0 saturated heterocycles. The third-order valence-electron chi connectivity index (χ3n) is 0.558. The Kier molecular flexibility index (Phi) is 5.83. The van der Waals surface area contributed by atoms with Crippen LogP contribution >= 0.6 is 0 Å². The Labute approximate surface area is 49.6 Å². The van der Waals surface area contributed by atoms with E-state index in [0.29, 0.717) is 0 Å². The van der Waals surface area contributed by atoms with Crippen LogP contribution in [0.1, 0.15) is 19.8 Å². The van der Waals surface area contributed by atoms with Gasteiger partial charge < -0.3 is 0 Å². The molecule has 0 aliphatic heterocycles. The van der Waals surface area contributed by atoms with Crippen molar-refractivity contribution in [1.29, 1.82) is 0 Å². The van der Waals surface area contributed by atoms with Crippen LogP contribution in [0.5, 0.6) is 0 Å². The van der Waals surface area contributed by atoms with Crippen LogP contribution in [-0.2, 0) is 0 Å². The molecule has 0 atom stereocenters. The average molecular weight is 265 g/mol. The molecule has 0 saturated carbocycles. The zero-order valence-electron chi connectivity index (χ0n) is 3.70. The van der Waals surface area contributed by atoms with E-state index in [4.69, 9.17) is 0 Å². The summed E-state index contributed by atoms with van der Waals surface area (Å²) in [6.07, 6.45) is 2.85. The van der Waals surface area contributed by atoms with Gasteiger partial charge in [0.25, 0.3) is 0 Å². The van der Waals surface area contributed by atoms with Crippen LogP contribution < -0.4 is 0 Å². The van der Waals surface area contributed by atoms with Crippen molar-refractivity contribution in [3.63, 3.8) is 0 Å². The fraction of sp³-hybridized carbons (Fsp3) is 1.00. The maximum atomic E-state index is 2.24. The van der Waals surface area contributed by atoms with Gasteiger partial charge in [0.2, 0.25) is 0 Å². The second kappa shape index (κ2) is 4.92. The van der Waals surface area contributed by atoms with E-state index in [1.54, 1.807) is 0 Å². The van der Waals surface area contributed by atoms with Gasteiger partial charge in [0.1, 0.15) is 0 Å². The first kappa shape index (κ1) is 5.92. The Bertz CT molecular complexity index is 11.1. The summed E-state index contributed by atoms with van der Waals surface area (Å²) in [6.45, 7) is 2.24. The molecule has 0 aliphatic carbocycles. The van der Waals surface area contributed by atoms with Crippen molar-refractivity contribution in [3.8, 4) is 0 Å². The molecular weight excluding hydrogens is 255 g/mol. The molecular formula is C4H10Pb. The summed E-state index contributed by atoms with van der Waals surface area (Å²) >= 11 is 1.24. The maximum absolute atomic E-state index is 2.24. The average Bonchev–Trinajstić information content (AvgIpc) is 1.41. The minimum atomic E-state index is 1.24. The van der Waals surface area contributed by atoms with Gasteiger partial charge in [0, 0.05) is 0 Å². The second-order valence-electron chi connectivity index (χ2n) is 1.14. The van der Waals surface area contributed by atoms with Crippen LogP contribution in [0.15, 0.2) is 0 Å². The van der Waals surface area contributed by atoms with Crippen LogP contribution in [0.4, 0.5) is 0 Å². The summed E-state index contributed by atoms with van der Waals surface area (Å²) in [5.41, 5.74) is 0. The first-order valence-corrected chi connectivity index (χ1v) is 5.29. The van der Waals surface area contributed by atoms with Gasteiger partial charge in [-0.05, 0) is 0 Å². The molecule has 0 bridgehead atoms. The zero-order valence-corrected chi connectivity index (χ0v) is 8.19. The predicted molar refractivity (Wildman–Crippen MR) is 26.9 cm³/mol. The monoisotopic (exact) mass is 266 g/mol. The van der Waals surface area contributed by atoms with Crippen molar-refractivity contribution < 1.29 is 0 Å². The third-order valence-corrected chi connectivity index (χ3v) is 2.14. The molecule has 0 nitrogen and oxygen atoms in total. The summed E-state index contributed by atoms with van der Waals surface area (Å²) in [6, 6.07) is 0. The van der Waals surface area contributed by atoms with Crippen molar-refractivity contribution in [3.05, 3.63) is 0 Å². The molecule has 0 unspecified atom stereocenters. The molecule has 30 valence electrons. The molecule has 0 spiro atoms. The molecule has 0 N–H and O–H groups in total. The molecule has 2 radical (unpaired) electrons. The van der Waals surface area contributed by atoms with Crippen molar-refractivity contribution in [2.75, 3.05) is 0 Å². The van der Waals surface area contributed by atoms with Crippen LogP contribution in [0.3, 0.4) is 0 Å². The van der Waals surface area contributed by atoms with E-state index < -0.39 is 0 Å². The van der Waals surface area contributed by atoms with Crippen molar-refractivity contribution >= 4 is 25.8 Å². The van der Waals surface area contributed by atoms with E-state index in [9.17, 15) is 0 Å². The van der Waals surface area contributed by atoms with Crippen molar-refractivity contribution in [1.82, 2.24) is 0 Å². The first-order chi connectivity index (χ1) is 2.41. The second-order valence-corrected chi connectivity index (χ2v) is 3.39. The number of unbranched alkanes of at least 4 members (excludes halogenated alkanes) is 1. The molecule has 0 aromatic heterocycles. The predicted octanol–water partition coefficient (Wildman–Crippen LogP) is 1.11. The summed E-state index contributed by atoms with van der Waals surface area (Å²) in [7, 11) is 0. The Morgan fingerprint density at radius 1 is 1.60 bits per heavy atom. The fourth-order valence-corrected chi connectivity index (χ4v) is 1.79. The van der Waals surface area contributed by atoms with Gasteiger partial charge in [-0.1, -0.05) is 0 Å². The van der Waals surface area contributed by atoms with Crippen LogP contribution in [0, 0.1) is 0 Å². The zero-order chi connectivity index (χ0) is 4.12. The fourth-order valence-electron chi connectivity index (χ4n) is 0.204. The molecule has 0 heterocycles. The molecule has 0 aromatic carbocycles. The normalized spacial score (nSPS) is 8.40. The molecule has 1 heteroatoms. The Morgan fingerprint density at radius 2 is 2.20 bits per heavy atom. The summed E-state index contributed by atoms with van der Waals surface area (Å²) in [4.78, 5) is 0. The van der Waals surface area contributed by atoms with Gasteiger partial charge in [-0.15, -0.1) is 0 Å². The van der Waals surface area contributed by atoms with Crippen LogP contribution in [-0.4, -0.2) is 25.8 Å². The summed E-state index contributed by atoms with van der Waals surface area (Å²) in [5, 5.41) is 0. The standard InChI is InChI=1S/C4H9.Pb.H/c1-3-4-2;;/h1,3-4H2,2H3;;. The molecule has 0 amide bonds. The minimum absolute atomic E-state index is 1.24. The van der Waals surface area contributed by atoms with Gasteiger partial charge in [0.05, 0.1) is 0 Å². The number of rotatable bonds is 2. The quantitative estimate of drug-likeness (QED) is 0.656. The molecule has 0 fully saturated rings. The molecule has 0 rings (SSSR count). The summed E-state index contributed by atoms with van der Waals surface area (Å²) < 4.78 is 1.51. The van der Waals surface area contributed by atoms with Crippen molar-refractivity contribution in [2.24, 2.45) is 0 Å². The number of hydrogen-bond acceptors (Lipinski definition) is 0. The molecule has 0 aromatic rings. The van der Waals surface area contributed by atoms with E-state index in [0.717, 1.165) is 0 Å². The van der Waals surface area contributed by atoms with Gasteiger partial charge >= 0.3 is 49.5 Å². The van der Waals surface area contributed by atoms with Crippen LogP contribution in [0.25, 0.3) is 0 Å². The Hall–Kier alpha value is 0.922. The van der Waals surface area contributed by atoms with E-state index in [1.807, 2.05) is 0 Å². The van der Waals surface area contributed by atoms with Gasteiger partial charge in [-0.2, -0.15) is 0 Å². The van der Waals surface area contributed by atoms with Gasteiger partial charge in [0.15, 0.2) is 0 Å². The molecule has 0 aliphatic rings. The van der Waals surface area contributed by atoms with E-state index >= 15 is 0 Å². The Morgan fingerprint density at radius 3 is 2.20 bits per heavy atom. The van der Waals surface area contributed by atoms with Crippen molar-refractivity contribution in [2.45, 2.75) is 23.7 Å². The Balaban J connectivity index is 2.19. The number of hydrogen-bond donors (Lipinski definition) is 0. The van der Waals surface area contributed by atoms with Gasteiger partial charge in [-0.3, -0.25) is 0 Å².